The topological polar surface area (TPSA) is 29.3 Å². The van der Waals surface area contributed by atoms with Crippen LogP contribution in [0.2, 0.25) is 5.02 Å². The van der Waals surface area contributed by atoms with Crippen LogP contribution < -0.4 is 10.6 Å². The maximum atomic E-state index is 6.47. The molecular weight excluding hydrogens is 276 g/mol. The highest BCUT2D eigenvalue weighted by atomic mass is 35.5. The molecule has 3 atom stereocenters. The second-order valence-electron chi connectivity index (χ2n) is 5.44. The molecule has 2 nitrogen and oxygen atoms in total. The van der Waals surface area contributed by atoms with Crippen molar-refractivity contribution in [3.05, 3.63) is 28.8 Å². The monoisotopic (exact) mass is 298 g/mol. The van der Waals surface area contributed by atoms with Gasteiger partial charge in [0.05, 0.1) is 10.7 Å². The van der Waals surface area contributed by atoms with Gasteiger partial charge in [0, 0.05) is 29.6 Å². The van der Waals surface area contributed by atoms with Crippen LogP contribution in [-0.4, -0.2) is 29.6 Å². The molecule has 1 aromatic rings. The minimum absolute atomic E-state index is 0.157. The van der Waals surface area contributed by atoms with Crippen LogP contribution in [0.15, 0.2) is 18.2 Å². The van der Waals surface area contributed by atoms with Gasteiger partial charge in [-0.25, -0.2) is 0 Å². The summed E-state index contributed by atoms with van der Waals surface area (Å²) in [4.78, 5) is 2.46. The number of hydrogen-bond donors (Lipinski definition) is 1. The zero-order valence-electron chi connectivity index (χ0n) is 11.9. The molecule has 0 amide bonds. The number of nitrogens with two attached hydrogens (primary N) is 1. The molecule has 19 heavy (non-hydrogen) atoms. The number of halogens is 1. The van der Waals surface area contributed by atoms with E-state index < -0.39 is 0 Å². The molecule has 1 aromatic carbocycles. The Morgan fingerprint density at radius 1 is 1.47 bits per heavy atom. The molecule has 106 valence electrons. The molecule has 3 unspecified atom stereocenters. The summed E-state index contributed by atoms with van der Waals surface area (Å²) < 4.78 is 0. The van der Waals surface area contributed by atoms with Crippen LogP contribution in [0, 0.1) is 0 Å². The lowest BCUT2D eigenvalue weighted by Gasteiger charge is -2.40. The number of hydrogen-bond acceptors (Lipinski definition) is 3. The second kappa shape index (κ2) is 6.38. The van der Waals surface area contributed by atoms with E-state index >= 15 is 0 Å². The zero-order chi connectivity index (χ0) is 14.0. The molecule has 0 aliphatic carbocycles. The Labute approximate surface area is 125 Å². The highest BCUT2D eigenvalue weighted by Crippen LogP contribution is 2.36. The van der Waals surface area contributed by atoms with Gasteiger partial charge in [-0.1, -0.05) is 30.7 Å². The minimum Gasteiger partial charge on any atom is -0.365 e. The van der Waals surface area contributed by atoms with E-state index in [1.165, 1.54) is 11.3 Å². The molecule has 2 N–H and O–H groups in total. The highest BCUT2D eigenvalue weighted by Gasteiger charge is 2.28. The summed E-state index contributed by atoms with van der Waals surface area (Å²) in [7, 11) is 0. The Kier molecular flexibility index (Phi) is 5.04. The molecule has 0 spiro atoms. The zero-order valence-corrected chi connectivity index (χ0v) is 13.5. The van der Waals surface area contributed by atoms with Crippen LogP contribution in [0.25, 0.3) is 0 Å². The van der Waals surface area contributed by atoms with Crippen molar-refractivity contribution >= 4 is 29.1 Å². The standard InChI is InChI=1S/C15H23ClN2S/c1-10(17)9-13-5-4-6-14(16)15(13)18-7-8-19-12(3)11(18)2/h4-6,10-12H,7-9,17H2,1-3H3. The third kappa shape index (κ3) is 3.39. The van der Waals surface area contributed by atoms with Gasteiger partial charge in [-0.2, -0.15) is 11.8 Å². The van der Waals surface area contributed by atoms with Gasteiger partial charge in [-0.3, -0.25) is 0 Å². The highest BCUT2D eigenvalue weighted by molar-refractivity contribution is 8.00. The van der Waals surface area contributed by atoms with Crippen molar-refractivity contribution in [2.45, 2.75) is 44.5 Å². The lowest BCUT2D eigenvalue weighted by atomic mass is 10.0. The van der Waals surface area contributed by atoms with Crippen molar-refractivity contribution < 1.29 is 0 Å². The van der Waals surface area contributed by atoms with Gasteiger partial charge in [0.1, 0.15) is 0 Å². The normalized spacial score (nSPS) is 25.4. The van der Waals surface area contributed by atoms with Crippen LogP contribution in [0.3, 0.4) is 0 Å². The van der Waals surface area contributed by atoms with Gasteiger partial charge in [-0.15, -0.1) is 0 Å². The van der Waals surface area contributed by atoms with Crippen LogP contribution in [0.5, 0.6) is 0 Å². The Hall–Kier alpha value is -0.380. The maximum Gasteiger partial charge on any atom is 0.0642 e. The van der Waals surface area contributed by atoms with Crippen molar-refractivity contribution in [2.24, 2.45) is 5.73 Å². The Morgan fingerprint density at radius 3 is 2.89 bits per heavy atom. The summed E-state index contributed by atoms with van der Waals surface area (Å²) in [6, 6.07) is 6.83. The van der Waals surface area contributed by atoms with Crippen molar-refractivity contribution in [1.29, 1.82) is 0 Å². The molecule has 0 radical (unpaired) electrons. The predicted molar refractivity (Wildman–Crippen MR) is 87.5 cm³/mol. The summed E-state index contributed by atoms with van der Waals surface area (Å²) in [5.41, 5.74) is 8.44. The van der Waals surface area contributed by atoms with Gasteiger partial charge in [0.15, 0.2) is 0 Å². The molecule has 0 saturated carbocycles. The first-order valence-corrected chi connectivity index (χ1v) is 8.34. The third-order valence-corrected chi connectivity index (χ3v) is 5.43. The largest absolute Gasteiger partial charge is 0.365 e. The average molecular weight is 299 g/mol. The van der Waals surface area contributed by atoms with Crippen molar-refractivity contribution in [2.75, 3.05) is 17.2 Å². The molecule has 0 aromatic heterocycles. The van der Waals surface area contributed by atoms with Crippen LogP contribution >= 0.6 is 23.4 Å². The summed E-state index contributed by atoms with van der Waals surface area (Å²) in [6.07, 6.45) is 0.876. The van der Waals surface area contributed by atoms with E-state index in [0.717, 1.165) is 23.7 Å². The molecule has 1 aliphatic heterocycles. The van der Waals surface area contributed by atoms with Crippen LogP contribution in [-0.2, 0) is 6.42 Å². The van der Waals surface area contributed by atoms with Gasteiger partial charge in [0.2, 0.25) is 0 Å². The van der Waals surface area contributed by atoms with Gasteiger partial charge in [-0.05, 0) is 31.9 Å². The summed E-state index contributed by atoms with van der Waals surface area (Å²) in [5, 5.41) is 1.48. The van der Waals surface area contributed by atoms with Gasteiger partial charge < -0.3 is 10.6 Å². The smallest absolute Gasteiger partial charge is 0.0642 e. The lowest BCUT2D eigenvalue weighted by molar-refractivity contribution is 0.622. The Balaban J connectivity index is 2.36. The van der Waals surface area contributed by atoms with E-state index in [4.69, 9.17) is 17.3 Å². The molecule has 1 aliphatic rings. The van der Waals surface area contributed by atoms with Crippen molar-refractivity contribution in [3.8, 4) is 0 Å². The molecule has 1 heterocycles. The average Bonchev–Trinajstić information content (AvgIpc) is 2.33. The number of benzene rings is 1. The van der Waals surface area contributed by atoms with Crippen molar-refractivity contribution in [3.63, 3.8) is 0 Å². The van der Waals surface area contributed by atoms with E-state index in [1.54, 1.807) is 0 Å². The fourth-order valence-corrected chi connectivity index (χ4v) is 4.04. The summed E-state index contributed by atoms with van der Waals surface area (Å²) in [6.45, 7) is 7.69. The number of nitrogens with zero attached hydrogens (tertiary/aromatic N) is 1. The third-order valence-electron chi connectivity index (χ3n) is 3.78. The van der Waals surface area contributed by atoms with Crippen LogP contribution in [0.4, 0.5) is 5.69 Å². The van der Waals surface area contributed by atoms with Gasteiger partial charge in [0.25, 0.3) is 0 Å². The molecule has 4 heteroatoms. The summed E-state index contributed by atoms with van der Waals surface area (Å²) >= 11 is 8.51. The maximum absolute atomic E-state index is 6.47. The Morgan fingerprint density at radius 2 is 2.21 bits per heavy atom. The first kappa shape index (κ1) is 15.0. The Bertz CT molecular complexity index is 436. The molecule has 1 fully saturated rings. The summed E-state index contributed by atoms with van der Waals surface area (Å²) in [5.74, 6) is 1.16. The quantitative estimate of drug-likeness (QED) is 0.925. The lowest BCUT2D eigenvalue weighted by Crippen LogP contribution is -2.45. The fourth-order valence-electron chi connectivity index (χ4n) is 2.64. The van der Waals surface area contributed by atoms with E-state index in [2.05, 4.69) is 24.8 Å². The number of thioether (sulfide) groups is 1. The van der Waals surface area contributed by atoms with Crippen LogP contribution in [0.1, 0.15) is 26.3 Å². The molecule has 2 rings (SSSR count). The minimum atomic E-state index is 0.157. The van der Waals surface area contributed by atoms with Gasteiger partial charge >= 0.3 is 0 Å². The van der Waals surface area contributed by atoms with E-state index in [-0.39, 0.29) is 6.04 Å². The first-order chi connectivity index (χ1) is 9.00. The molecular formula is C15H23ClN2S. The molecule has 0 bridgehead atoms. The SMILES string of the molecule is CC(N)Cc1cccc(Cl)c1N1CCSC(C)C1C. The number of anilines is 1. The van der Waals surface area contributed by atoms with Crippen molar-refractivity contribution in [1.82, 2.24) is 0 Å². The second-order valence-corrected chi connectivity index (χ2v) is 7.33. The number of para-hydroxylation sites is 1. The molecule has 1 saturated heterocycles. The van der Waals surface area contributed by atoms with E-state index in [9.17, 15) is 0 Å². The van der Waals surface area contributed by atoms with E-state index in [1.807, 2.05) is 30.8 Å². The predicted octanol–water partition coefficient (Wildman–Crippen LogP) is 3.56. The van der Waals surface area contributed by atoms with E-state index in [0.29, 0.717) is 11.3 Å². The number of rotatable bonds is 3. The first-order valence-electron chi connectivity index (χ1n) is 6.92. The fraction of sp³-hybridized carbons (Fsp3) is 0.600.